The molecule has 0 bridgehead atoms. The quantitative estimate of drug-likeness (QED) is 0.661. The molecule has 3 aliphatic rings. The molecule has 8 heteroatoms. The highest BCUT2D eigenvalue weighted by atomic mass is 16.5. The van der Waals surface area contributed by atoms with Gasteiger partial charge < -0.3 is 19.9 Å². The van der Waals surface area contributed by atoms with Gasteiger partial charge in [0.15, 0.2) is 0 Å². The number of anilines is 4. The van der Waals surface area contributed by atoms with E-state index in [0.29, 0.717) is 36.8 Å². The van der Waals surface area contributed by atoms with Gasteiger partial charge in [0, 0.05) is 36.8 Å². The van der Waals surface area contributed by atoms with E-state index in [1.54, 1.807) is 6.20 Å². The molecule has 166 valence electrons. The first kappa shape index (κ1) is 19.7. The maximum atomic E-state index is 12.3. The minimum absolute atomic E-state index is 0.0921. The third-order valence-electron chi connectivity index (χ3n) is 6.45. The molecule has 0 saturated carbocycles. The predicted octanol–water partition coefficient (Wildman–Crippen LogP) is 3.90. The van der Waals surface area contributed by atoms with Crippen LogP contribution in [0.3, 0.4) is 0 Å². The van der Waals surface area contributed by atoms with E-state index in [0.717, 1.165) is 41.9 Å². The van der Waals surface area contributed by atoms with Crippen LogP contribution in [-0.2, 0) is 9.59 Å². The average Bonchev–Trinajstić information content (AvgIpc) is 3.45. The number of pyridine rings is 2. The van der Waals surface area contributed by atoms with Crippen molar-refractivity contribution in [3.63, 3.8) is 0 Å². The topological polar surface area (TPSA) is 87.7 Å². The first-order chi connectivity index (χ1) is 16.2. The van der Waals surface area contributed by atoms with Crippen LogP contribution in [-0.4, -0.2) is 41.0 Å². The lowest BCUT2D eigenvalue weighted by atomic mass is 10.1. The van der Waals surface area contributed by atoms with Gasteiger partial charge in [-0.15, -0.1) is 0 Å². The first-order valence-corrected chi connectivity index (χ1v) is 11.2. The van der Waals surface area contributed by atoms with Crippen LogP contribution >= 0.6 is 0 Å². The number of aromatic nitrogens is 2. The van der Waals surface area contributed by atoms with Gasteiger partial charge in [0.1, 0.15) is 18.1 Å². The lowest BCUT2D eigenvalue weighted by Crippen LogP contribution is -2.40. The fourth-order valence-corrected chi connectivity index (χ4v) is 4.74. The summed E-state index contributed by atoms with van der Waals surface area (Å²) in [6, 6.07) is 13.9. The van der Waals surface area contributed by atoms with E-state index in [-0.39, 0.29) is 17.9 Å². The monoisotopic (exact) mass is 441 g/mol. The summed E-state index contributed by atoms with van der Waals surface area (Å²) in [5.74, 6) is 1.48. The lowest BCUT2D eigenvalue weighted by Gasteiger charge is -2.31. The van der Waals surface area contributed by atoms with Gasteiger partial charge >= 0.3 is 0 Å². The second-order valence-corrected chi connectivity index (χ2v) is 8.57. The van der Waals surface area contributed by atoms with Gasteiger partial charge in [-0.2, -0.15) is 0 Å². The van der Waals surface area contributed by atoms with Gasteiger partial charge in [0.05, 0.1) is 17.9 Å². The van der Waals surface area contributed by atoms with Gasteiger partial charge in [0.2, 0.25) is 17.7 Å². The van der Waals surface area contributed by atoms with Crippen molar-refractivity contribution in [1.82, 2.24) is 9.97 Å². The summed E-state index contributed by atoms with van der Waals surface area (Å²) in [5.41, 5.74) is 4.43. The Kier molecular flexibility index (Phi) is 4.71. The Morgan fingerprint density at radius 3 is 2.55 bits per heavy atom. The highest BCUT2D eigenvalue weighted by molar-refractivity contribution is 5.98. The number of carbonyl (C=O) groups is 2. The molecule has 2 aromatic heterocycles. The third kappa shape index (κ3) is 3.57. The zero-order chi connectivity index (χ0) is 22.4. The second kappa shape index (κ2) is 7.88. The molecule has 8 nitrogen and oxygen atoms in total. The van der Waals surface area contributed by atoms with Crippen LogP contribution in [0.15, 0.2) is 54.9 Å². The number of rotatable bonds is 4. The fourth-order valence-electron chi connectivity index (χ4n) is 4.74. The number of fused-ring (bicyclic) bond motifs is 3. The van der Waals surface area contributed by atoms with E-state index < -0.39 is 0 Å². The van der Waals surface area contributed by atoms with Crippen LogP contribution in [0.25, 0.3) is 11.1 Å². The molecule has 33 heavy (non-hydrogen) atoms. The Morgan fingerprint density at radius 2 is 1.79 bits per heavy atom. The van der Waals surface area contributed by atoms with E-state index in [9.17, 15) is 9.59 Å². The molecule has 5 heterocycles. The summed E-state index contributed by atoms with van der Waals surface area (Å²) < 4.78 is 5.73. The Labute approximate surface area is 191 Å². The van der Waals surface area contributed by atoms with Gasteiger partial charge in [-0.25, -0.2) is 9.97 Å². The van der Waals surface area contributed by atoms with Crippen molar-refractivity contribution < 1.29 is 14.3 Å². The molecule has 3 aromatic rings. The maximum Gasteiger partial charge on any atom is 0.238 e. The molecule has 6 rings (SSSR count). The largest absolute Gasteiger partial charge is 0.474 e. The Hall–Kier alpha value is -3.94. The summed E-state index contributed by atoms with van der Waals surface area (Å²) in [6.45, 7) is 1.28. The average molecular weight is 441 g/mol. The Balaban J connectivity index is 1.18. The van der Waals surface area contributed by atoms with Crippen molar-refractivity contribution >= 4 is 34.7 Å². The van der Waals surface area contributed by atoms with Gasteiger partial charge in [-0.3, -0.25) is 9.59 Å². The molecular formula is C25H23N5O3. The number of nitrogens with one attached hydrogen (secondary N) is 1. The normalized spacial score (nSPS) is 19.3. The minimum Gasteiger partial charge on any atom is -0.474 e. The molecule has 1 atom stereocenters. The summed E-state index contributed by atoms with van der Waals surface area (Å²) in [6.07, 6.45) is 6.40. The van der Waals surface area contributed by atoms with Gasteiger partial charge in [-0.05, 0) is 48.7 Å². The van der Waals surface area contributed by atoms with Crippen molar-refractivity contribution in [1.29, 1.82) is 0 Å². The highest BCUT2D eigenvalue weighted by Crippen LogP contribution is 2.39. The summed E-state index contributed by atoms with van der Waals surface area (Å²) >= 11 is 0. The van der Waals surface area contributed by atoms with Crippen LogP contribution in [0.1, 0.15) is 25.7 Å². The molecule has 3 aliphatic heterocycles. The summed E-state index contributed by atoms with van der Waals surface area (Å²) in [5, 5.41) is 3.27. The highest BCUT2D eigenvalue weighted by Gasteiger charge is 2.38. The maximum absolute atomic E-state index is 12.3. The van der Waals surface area contributed by atoms with Crippen molar-refractivity contribution in [3.8, 4) is 17.0 Å². The standard InChI is InChI=1S/C25H23N5O3/c31-23-2-1-11-29(23)19-6-3-16(4-7-19)17-5-9-22(26-13-17)28-18-12-21-25(27-14-18)33-15-20-8-10-24(32)30(20)21/h3-7,9,12-14,20H,1-2,8,10-11,15H2,(H,26,28)/t20-/m1/s1. The third-order valence-corrected chi connectivity index (χ3v) is 6.45. The molecule has 0 spiro atoms. The summed E-state index contributed by atoms with van der Waals surface area (Å²) in [4.78, 5) is 36.8. The number of carbonyl (C=O) groups excluding carboxylic acids is 2. The number of hydrogen-bond donors (Lipinski definition) is 1. The van der Waals surface area contributed by atoms with Crippen molar-refractivity contribution in [2.75, 3.05) is 28.3 Å². The SMILES string of the molecule is O=C1CCCN1c1ccc(-c2ccc(Nc3cnc4c(c3)N3C(=O)CC[C@@H]3CO4)nc2)cc1. The number of ether oxygens (including phenoxy) is 1. The summed E-state index contributed by atoms with van der Waals surface area (Å²) in [7, 11) is 0. The van der Waals surface area contributed by atoms with Gasteiger partial charge in [0.25, 0.3) is 0 Å². The van der Waals surface area contributed by atoms with E-state index in [1.807, 2.05) is 58.5 Å². The lowest BCUT2D eigenvalue weighted by molar-refractivity contribution is -0.118. The molecule has 1 aromatic carbocycles. The van der Waals surface area contributed by atoms with E-state index >= 15 is 0 Å². The fraction of sp³-hybridized carbons (Fsp3) is 0.280. The first-order valence-electron chi connectivity index (χ1n) is 11.2. The molecule has 0 aliphatic carbocycles. The van der Waals surface area contributed by atoms with Crippen LogP contribution in [0.5, 0.6) is 5.88 Å². The van der Waals surface area contributed by atoms with E-state index in [4.69, 9.17) is 4.74 Å². The second-order valence-electron chi connectivity index (χ2n) is 8.57. The van der Waals surface area contributed by atoms with Crippen LogP contribution in [0.2, 0.25) is 0 Å². The predicted molar refractivity (Wildman–Crippen MR) is 125 cm³/mol. The zero-order valence-electron chi connectivity index (χ0n) is 18.0. The number of benzene rings is 1. The van der Waals surface area contributed by atoms with Crippen LogP contribution in [0, 0.1) is 0 Å². The van der Waals surface area contributed by atoms with Crippen molar-refractivity contribution in [2.24, 2.45) is 0 Å². The van der Waals surface area contributed by atoms with E-state index in [2.05, 4.69) is 15.3 Å². The molecule has 0 unspecified atom stereocenters. The van der Waals surface area contributed by atoms with Crippen molar-refractivity contribution in [3.05, 3.63) is 54.9 Å². The Bertz CT molecular complexity index is 1230. The van der Waals surface area contributed by atoms with Gasteiger partial charge in [-0.1, -0.05) is 12.1 Å². The molecule has 2 amide bonds. The molecule has 2 fully saturated rings. The zero-order valence-corrected chi connectivity index (χ0v) is 18.0. The van der Waals surface area contributed by atoms with E-state index in [1.165, 1.54) is 0 Å². The minimum atomic E-state index is 0.0921. The molecule has 0 radical (unpaired) electrons. The number of amides is 2. The number of hydrogen-bond acceptors (Lipinski definition) is 6. The van der Waals surface area contributed by atoms with Crippen molar-refractivity contribution in [2.45, 2.75) is 31.7 Å². The molecule has 1 N–H and O–H groups in total. The van der Waals surface area contributed by atoms with Crippen LogP contribution < -0.4 is 19.9 Å². The molecular weight excluding hydrogens is 418 g/mol. The molecule has 2 saturated heterocycles. The smallest absolute Gasteiger partial charge is 0.238 e. The van der Waals surface area contributed by atoms with Crippen LogP contribution in [0.4, 0.5) is 22.9 Å². The Morgan fingerprint density at radius 1 is 0.939 bits per heavy atom. The number of nitrogens with zero attached hydrogens (tertiary/aromatic N) is 4.